The fourth-order valence-electron chi connectivity index (χ4n) is 3.02. The predicted octanol–water partition coefficient (Wildman–Crippen LogP) is 3.23. The smallest absolute Gasteiger partial charge is 0.113 e. The highest BCUT2D eigenvalue weighted by Crippen LogP contribution is 2.34. The lowest BCUT2D eigenvalue weighted by molar-refractivity contribution is 0.256. The average Bonchev–Trinajstić information content (AvgIpc) is 2.88. The first-order valence-corrected chi connectivity index (χ1v) is 8.56. The molecule has 0 saturated carbocycles. The van der Waals surface area contributed by atoms with E-state index in [1.807, 2.05) is 17.5 Å². The van der Waals surface area contributed by atoms with Crippen LogP contribution in [-0.4, -0.2) is 36.1 Å². The zero-order chi connectivity index (χ0) is 13.6. The summed E-state index contributed by atoms with van der Waals surface area (Å²) in [6.45, 7) is 9.28. The SMILES string of the molecule is CCCNC1(c2nccs2)CCCN(CCC)CC1. The maximum absolute atomic E-state index is 4.62. The molecule has 1 aromatic rings. The monoisotopic (exact) mass is 281 g/mol. The first kappa shape index (κ1) is 14.9. The topological polar surface area (TPSA) is 28.2 Å². The summed E-state index contributed by atoms with van der Waals surface area (Å²) in [7, 11) is 0. The Balaban J connectivity index is 2.10. The van der Waals surface area contributed by atoms with Crippen LogP contribution in [-0.2, 0) is 5.54 Å². The standard InChI is InChI=1S/C15H27N3S/c1-3-8-17-15(14-16-9-13-19-14)6-5-11-18(10-4-2)12-7-15/h9,13,17H,3-8,10-12H2,1-2H3. The van der Waals surface area contributed by atoms with Crippen LogP contribution < -0.4 is 5.32 Å². The lowest BCUT2D eigenvalue weighted by Gasteiger charge is -2.32. The molecule has 108 valence electrons. The van der Waals surface area contributed by atoms with Crippen LogP contribution in [0, 0.1) is 0 Å². The number of nitrogens with zero attached hydrogens (tertiary/aromatic N) is 2. The Morgan fingerprint density at radius 1 is 1.32 bits per heavy atom. The molecule has 2 heterocycles. The molecule has 1 atom stereocenters. The van der Waals surface area contributed by atoms with E-state index < -0.39 is 0 Å². The van der Waals surface area contributed by atoms with Gasteiger partial charge in [0.1, 0.15) is 5.01 Å². The van der Waals surface area contributed by atoms with Gasteiger partial charge in [-0.1, -0.05) is 13.8 Å². The molecule has 1 saturated heterocycles. The van der Waals surface area contributed by atoms with Crippen LogP contribution in [0.2, 0.25) is 0 Å². The third kappa shape index (κ3) is 3.77. The Kier molecular flexibility index (Phi) is 5.79. The maximum Gasteiger partial charge on any atom is 0.113 e. The predicted molar refractivity (Wildman–Crippen MR) is 82.7 cm³/mol. The first-order chi connectivity index (χ1) is 9.30. The Morgan fingerprint density at radius 2 is 2.21 bits per heavy atom. The highest BCUT2D eigenvalue weighted by Gasteiger charge is 2.35. The molecule has 1 aromatic heterocycles. The zero-order valence-electron chi connectivity index (χ0n) is 12.3. The second-order valence-electron chi connectivity index (χ2n) is 5.54. The van der Waals surface area contributed by atoms with Crippen LogP contribution in [0.25, 0.3) is 0 Å². The van der Waals surface area contributed by atoms with Gasteiger partial charge in [-0.2, -0.15) is 0 Å². The minimum Gasteiger partial charge on any atom is -0.305 e. The summed E-state index contributed by atoms with van der Waals surface area (Å²) < 4.78 is 0. The van der Waals surface area contributed by atoms with Crippen molar-refractivity contribution in [2.45, 2.75) is 51.5 Å². The van der Waals surface area contributed by atoms with Gasteiger partial charge in [0.15, 0.2) is 0 Å². The van der Waals surface area contributed by atoms with E-state index in [2.05, 4.69) is 34.4 Å². The average molecular weight is 281 g/mol. The highest BCUT2D eigenvalue weighted by molar-refractivity contribution is 7.09. The van der Waals surface area contributed by atoms with Gasteiger partial charge in [0.05, 0.1) is 5.54 Å². The molecule has 0 aromatic carbocycles. The van der Waals surface area contributed by atoms with Crippen LogP contribution in [0.5, 0.6) is 0 Å². The van der Waals surface area contributed by atoms with E-state index in [4.69, 9.17) is 0 Å². The maximum atomic E-state index is 4.62. The van der Waals surface area contributed by atoms with Crippen molar-refractivity contribution in [2.75, 3.05) is 26.2 Å². The van der Waals surface area contributed by atoms with E-state index in [-0.39, 0.29) is 5.54 Å². The van der Waals surface area contributed by atoms with E-state index >= 15 is 0 Å². The first-order valence-electron chi connectivity index (χ1n) is 7.68. The van der Waals surface area contributed by atoms with Gasteiger partial charge in [0.25, 0.3) is 0 Å². The minimum atomic E-state index is 0.132. The van der Waals surface area contributed by atoms with Gasteiger partial charge in [0.2, 0.25) is 0 Å². The minimum absolute atomic E-state index is 0.132. The largest absolute Gasteiger partial charge is 0.305 e. The second kappa shape index (κ2) is 7.36. The Bertz CT molecular complexity index is 352. The molecular formula is C15H27N3S. The number of nitrogens with one attached hydrogen (secondary N) is 1. The van der Waals surface area contributed by atoms with Crippen molar-refractivity contribution in [2.24, 2.45) is 0 Å². The summed E-state index contributed by atoms with van der Waals surface area (Å²) in [4.78, 5) is 7.23. The van der Waals surface area contributed by atoms with Gasteiger partial charge >= 0.3 is 0 Å². The molecule has 1 N–H and O–H groups in total. The fourth-order valence-corrected chi connectivity index (χ4v) is 3.89. The van der Waals surface area contributed by atoms with Crippen LogP contribution in [0.3, 0.4) is 0 Å². The van der Waals surface area contributed by atoms with Crippen molar-refractivity contribution in [1.82, 2.24) is 15.2 Å². The van der Waals surface area contributed by atoms with Crippen molar-refractivity contribution in [1.29, 1.82) is 0 Å². The number of hydrogen-bond acceptors (Lipinski definition) is 4. The van der Waals surface area contributed by atoms with Gasteiger partial charge < -0.3 is 10.2 Å². The second-order valence-corrected chi connectivity index (χ2v) is 6.44. The molecule has 0 aliphatic carbocycles. The van der Waals surface area contributed by atoms with E-state index in [1.54, 1.807) is 0 Å². The number of hydrogen-bond donors (Lipinski definition) is 1. The van der Waals surface area contributed by atoms with Crippen molar-refractivity contribution >= 4 is 11.3 Å². The molecule has 4 heteroatoms. The molecular weight excluding hydrogens is 254 g/mol. The van der Waals surface area contributed by atoms with Crippen molar-refractivity contribution < 1.29 is 0 Å². The molecule has 1 unspecified atom stereocenters. The van der Waals surface area contributed by atoms with E-state index in [0.717, 1.165) is 6.54 Å². The summed E-state index contributed by atoms with van der Waals surface area (Å²) in [5.41, 5.74) is 0.132. The number of likely N-dealkylation sites (tertiary alicyclic amines) is 1. The summed E-state index contributed by atoms with van der Waals surface area (Å²) in [5.74, 6) is 0. The molecule has 19 heavy (non-hydrogen) atoms. The lowest BCUT2D eigenvalue weighted by Crippen LogP contribution is -2.43. The van der Waals surface area contributed by atoms with Crippen LogP contribution in [0.4, 0.5) is 0 Å². The van der Waals surface area contributed by atoms with Gasteiger partial charge in [-0.15, -0.1) is 11.3 Å². The number of aromatic nitrogens is 1. The Labute approximate surface area is 121 Å². The van der Waals surface area contributed by atoms with E-state index in [9.17, 15) is 0 Å². The highest BCUT2D eigenvalue weighted by atomic mass is 32.1. The van der Waals surface area contributed by atoms with Gasteiger partial charge in [-0.05, 0) is 51.7 Å². The molecule has 3 nitrogen and oxygen atoms in total. The summed E-state index contributed by atoms with van der Waals surface area (Å²) in [6, 6.07) is 0. The van der Waals surface area contributed by atoms with E-state index in [1.165, 1.54) is 56.7 Å². The van der Waals surface area contributed by atoms with Crippen LogP contribution >= 0.6 is 11.3 Å². The van der Waals surface area contributed by atoms with Gasteiger partial charge in [-0.3, -0.25) is 0 Å². The van der Waals surface area contributed by atoms with Crippen molar-refractivity contribution in [3.05, 3.63) is 16.6 Å². The summed E-state index contributed by atoms with van der Waals surface area (Å²) in [6.07, 6.45) is 8.08. The Morgan fingerprint density at radius 3 is 2.89 bits per heavy atom. The molecule has 1 aliphatic rings. The molecule has 0 spiro atoms. The van der Waals surface area contributed by atoms with Gasteiger partial charge in [-0.25, -0.2) is 4.98 Å². The normalized spacial score (nSPS) is 25.4. The molecule has 0 radical (unpaired) electrons. The third-order valence-electron chi connectivity index (χ3n) is 4.03. The van der Waals surface area contributed by atoms with Crippen molar-refractivity contribution in [3.63, 3.8) is 0 Å². The van der Waals surface area contributed by atoms with Crippen molar-refractivity contribution in [3.8, 4) is 0 Å². The van der Waals surface area contributed by atoms with Crippen LogP contribution in [0.1, 0.15) is 51.0 Å². The molecule has 1 fully saturated rings. The molecule has 2 rings (SSSR count). The quantitative estimate of drug-likeness (QED) is 0.867. The van der Waals surface area contributed by atoms with Crippen LogP contribution in [0.15, 0.2) is 11.6 Å². The number of rotatable bonds is 6. The zero-order valence-corrected chi connectivity index (χ0v) is 13.1. The third-order valence-corrected chi connectivity index (χ3v) is 5.00. The molecule has 0 bridgehead atoms. The van der Waals surface area contributed by atoms with Gasteiger partial charge in [0, 0.05) is 18.1 Å². The number of thiazole rings is 1. The molecule has 1 aliphatic heterocycles. The summed E-state index contributed by atoms with van der Waals surface area (Å²) in [5, 5.41) is 7.21. The Hall–Kier alpha value is -0.450. The molecule has 0 amide bonds. The summed E-state index contributed by atoms with van der Waals surface area (Å²) >= 11 is 1.81. The lowest BCUT2D eigenvalue weighted by atomic mass is 9.91. The van der Waals surface area contributed by atoms with E-state index in [0.29, 0.717) is 0 Å². The fraction of sp³-hybridized carbons (Fsp3) is 0.800.